The number of rotatable bonds is 7. The molecule has 0 fully saturated rings. The van der Waals surface area contributed by atoms with Crippen molar-refractivity contribution in [1.82, 2.24) is 8.87 Å². The van der Waals surface area contributed by atoms with Gasteiger partial charge in [0, 0.05) is 31.0 Å². The molecule has 1 aromatic heterocycles. The van der Waals surface area contributed by atoms with E-state index in [-0.39, 0.29) is 16.8 Å². The number of aromatic nitrogens is 1. The lowest BCUT2D eigenvalue weighted by Gasteiger charge is -2.20. The van der Waals surface area contributed by atoms with Crippen molar-refractivity contribution in [1.29, 1.82) is 0 Å². The van der Waals surface area contributed by atoms with Crippen molar-refractivity contribution in [2.75, 3.05) is 19.1 Å². The second kappa shape index (κ2) is 9.91. The number of fused-ring (bicyclic) bond motifs is 1. The molecule has 0 aliphatic rings. The SMILES string of the molecule is CSCCn1c(=NC(=O)c2ccc(S(=O)(=O)N(C)C(C)C)cc2)sc2cc(C)c(C)cc21. The maximum absolute atomic E-state index is 12.9. The first kappa shape index (κ1) is 24.7. The van der Waals surface area contributed by atoms with Crippen LogP contribution in [-0.2, 0) is 16.6 Å². The van der Waals surface area contributed by atoms with Gasteiger partial charge in [-0.2, -0.15) is 21.1 Å². The Hall–Kier alpha value is -1.94. The van der Waals surface area contributed by atoms with E-state index < -0.39 is 10.0 Å². The molecule has 1 amide bonds. The molecule has 3 aromatic rings. The number of nitrogens with zero attached hydrogens (tertiary/aromatic N) is 3. The molecule has 0 unspecified atom stereocenters. The summed E-state index contributed by atoms with van der Waals surface area (Å²) < 4.78 is 29.8. The molecule has 0 atom stereocenters. The van der Waals surface area contributed by atoms with Gasteiger partial charge in [-0.15, -0.1) is 0 Å². The molecule has 9 heteroatoms. The summed E-state index contributed by atoms with van der Waals surface area (Å²) in [7, 11) is -2.05. The maximum Gasteiger partial charge on any atom is 0.279 e. The number of thioether (sulfide) groups is 1. The van der Waals surface area contributed by atoms with Gasteiger partial charge in [-0.3, -0.25) is 4.79 Å². The molecular weight excluding hydrogens is 462 g/mol. The lowest BCUT2D eigenvalue weighted by Crippen LogP contribution is -2.33. The van der Waals surface area contributed by atoms with Crippen LogP contribution in [-0.4, -0.2) is 48.3 Å². The van der Waals surface area contributed by atoms with Crippen LogP contribution in [0, 0.1) is 13.8 Å². The molecule has 0 aliphatic heterocycles. The second-order valence-electron chi connectivity index (χ2n) is 7.99. The van der Waals surface area contributed by atoms with E-state index in [1.807, 2.05) is 13.8 Å². The van der Waals surface area contributed by atoms with E-state index in [1.54, 1.807) is 18.8 Å². The molecule has 172 valence electrons. The van der Waals surface area contributed by atoms with Gasteiger partial charge >= 0.3 is 0 Å². The highest BCUT2D eigenvalue weighted by molar-refractivity contribution is 7.98. The average Bonchev–Trinajstić information content (AvgIpc) is 3.07. The molecule has 1 heterocycles. The van der Waals surface area contributed by atoms with E-state index in [1.165, 1.54) is 51.0 Å². The highest BCUT2D eigenvalue weighted by atomic mass is 32.2. The van der Waals surface area contributed by atoms with Crippen molar-refractivity contribution in [3.05, 3.63) is 57.9 Å². The number of hydrogen-bond acceptors (Lipinski definition) is 5. The standard InChI is InChI=1S/C23H29N3O3S3/c1-15(2)25(5)32(28,29)19-9-7-18(8-10-19)22(27)24-23-26(11-12-30-6)20-13-16(3)17(4)14-21(20)31-23/h7-10,13-15H,11-12H2,1-6H3. The first-order valence-corrected chi connectivity index (χ1v) is 14.0. The number of thiazole rings is 1. The van der Waals surface area contributed by atoms with Crippen molar-refractivity contribution in [2.24, 2.45) is 4.99 Å². The normalized spacial score (nSPS) is 12.9. The van der Waals surface area contributed by atoms with Crippen LogP contribution < -0.4 is 4.80 Å². The van der Waals surface area contributed by atoms with E-state index in [0.29, 0.717) is 10.4 Å². The molecule has 6 nitrogen and oxygen atoms in total. The molecule has 0 aliphatic carbocycles. The highest BCUT2D eigenvalue weighted by Crippen LogP contribution is 2.23. The number of amides is 1. The summed E-state index contributed by atoms with van der Waals surface area (Å²) in [4.78, 5) is 18.1. The zero-order valence-corrected chi connectivity index (χ0v) is 21.7. The summed E-state index contributed by atoms with van der Waals surface area (Å²) in [5.41, 5.74) is 3.85. The van der Waals surface area contributed by atoms with Crippen LogP contribution in [0.3, 0.4) is 0 Å². The van der Waals surface area contributed by atoms with Crippen LogP contribution in [0.5, 0.6) is 0 Å². The van der Waals surface area contributed by atoms with Gasteiger partial charge in [0.15, 0.2) is 4.80 Å². The molecule has 3 rings (SSSR count). The van der Waals surface area contributed by atoms with Gasteiger partial charge in [0.25, 0.3) is 5.91 Å². The summed E-state index contributed by atoms with van der Waals surface area (Å²) in [6.07, 6.45) is 2.05. The number of sulfonamides is 1. The Morgan fingerprint density at radius 3 is 2.38 bits per heavy atom. The Labute approximate surface area is 198 Å². The Kier molecular flexibility index (Phi) is 7.65. The average molecular weight is 492 g/mol. The molecule has 0 saturated carbocycles. The molecule has 2 aromatic carbocycles. The third-order valence-electron chi connectivity index (χ3n) is 5.52. The Balaban J connectivity index is 2.01. The minimum absolute atomic E-state index is 0.159. The van der Waals surface area contributed by atoms with E-state index in [4.69, 9.17) is 0 Å². The smallest absolute Gasteiger partial charge is 0.279 e. The van der Waals surface area contributed by atoms with Crippen molar-refractivity contribution in [3.63, 3.8) is 0 Å². The van der Waals surface area contributed by atoms with Crippen molar-refractivity contribution >= 4 is 49.2 Å². The fourth-order valence-electron chi connectivity index (χ4n) is 3.17. The van der Waals surface area contributed by atoms with Crippen LogP contribution in [0.4, 0.5) is 0 Å². The third kappa shape index (κ3) is 5.01. The zero-order chi connectivity index (χ0) is 23.6. The monoisotopic (exact) mass is 491 g/mol. The number of benzene rings is 2. The predicted octanol–water partition coefficient (Wildman–Crippen LogP) is 4.45. The van der Waals surface area contributed by atoms with Crippen molar-refractivity contribution in [3.8, 4) is 0 Å². The van der Waals surface area contributed by atoms with E-state index in [9.17, 15) is 13.2 Å². The summed E-state index contributed by atoms with van der Waals surface area (Å²) in [6, 6.07) is 10.1. The van der Waals surface area contributed by atoms with Crippen molar-refractivity contribution in [2.45, 2.75) is 45.2 Å². The Bertz CT molecular complexity index is 1300. The fourth-order valence-corrected chi connectivity index (χ4v) is 6.04. The first-order chi connectivity index (χ1) is 15.1. The van der Waals surface area contributed by atoms with Crippen molar-refractivity contribution < 1.29 is 13.2 Å². The van der Waals surface area contributed by atoms with Crippen LogP contribution in [0.25, 0.3) is 10.2 Å². The molecule has 0 saturated heterocycles. The zero-order valence-electron chi connectivity index (χ0n) is 19.2. The second-order valence-corrected chi connectivity index (χ2v) is 12.0. The maximum atomic E-state index is 12.9. The quantitative estimate of drug-likeness (QED) is 0.489. The summed E-state index contributed by atoms with van der Waals surface area (Å²) in [6.45, 7) is 8.55. The first-order valence-electron chi connectivity index (χ1n) is 10.3. The molecule has 0 spiro atoms. The van der Waals surface area contributed by atoms with Crippen LogP contribution in [0.1, 0.15) is 35.3 Å². The topological polar surface area (TPSA) is 71.7 Å². The number of carbonyl (C=O) groups is 1. The molecule has 0 radical (unpaired) electrons. The van der Waals surface area contributed by atoms with Gasteiger partial charge in [-0.1, -0.05) is 11.3 Å². The van der Waals surface area contributed by atoms with E-state index >= 15 is 0 Å². The Morgan fingerprint density at radius 1 is 1.16 bits per heavy atom. The fraction of sp³-hybridized carbons (Fsp3) is 0.391. The lowest BCUT2D eigenvalue weighted by atomic mass is 10.1. The minimum atomic E-state index is -3.60. The minimum Gasteiger partial charge on any atom is -0.315 e. The molecule has 0 bridgehead atoms. The van der Waals surface area contributed by atoms with Gasteiger partial charge in [0.05, 0.1) is 15.1 Å². The lowest BCUT2D eigenvalue weighted by molar-refractivity contribution is 0.0997. The third-order valence-corrected chi connectivity index (χ3v) is 9.20. The molecular formula is C23H29N3O3S3. The molecule has 0 N–H and O–H groups in total. The number of hydrogen-bond donors (Lipinski definition) is 0. The summed E-state index contributed by atoms with van der Waals surface area (Å²) >= 11 is 3.24. The van der Waals surface area contributed by atoms with Gasteiger partial charge in [0.2, 0.25) is 10.0 Å². The van der Waals surface area contributed by atoms with E-state index in [0.717, 1.165) is 22.5 Å². The van der Waals surface area contributed by atoms with Gasteiger partial charge in [-0.05, 0) is 81.5 Å². The van der Waals surface area contributed by atoms with Crippen LogP contribution >= 0.6 is 23.1 Å². The number of aryl methyl sites for hydroxylation is 3. The van der Waals surface area contributed by atoms with Gasteiger partial charge in [-0.25, -0.2) is 8.42 Å². The highest BCUT2D eigenvalue weighted by Gasteiger charge is 2.23. The number of carbonyl (C=O) groups excluding carboxylic acids is 1. The Morgan fingerprint density at radius 2 is 1.78 bits per heavy atom. The van der Waals surface area contributed by atoms with E-state index in [2.05, 4.69) is 41.8 Å². The van der Waals surface area contributed by atoms with Gasteiger partial charge < -0.3 is 4.57 Å². The summed E-state index contributed by atoms with van der Waals surface area (Å²) in [5.74, 6) is 0.528. The van der Waals surface area contributed by atoms with Crippen LogP contribution in [0.15, 0.2) is 46.3 Å². The van der Waals surface area contributed by atoms with Crippen LogP contribution in [0.2, 0.25) is 0 Å². The molecule has 32 heavy (non-hydrogen) atoms. The largest absolute Gasteiger partial charge is 0.315 e. The van der Waals surface area contributed by atoms with Gasteiger partial charge in [0.1, 0.15) is 0 Å². The summed E-state index contributed by atoms with van der Waals surface area (Å²) in [5, 5.41) is 0. The predicted molar refractivity (Wildman–Crippen MR) is 134 cm³/mol.